The lowest BCUT2D eigenvalue weighted by atomic mass is 10.1. The highest BCUT2D eigenvalue weighted by molar-refractivity contribution is 9.10. The number of nitrogens with one attached hydrogen (secondary N) is 1. The molecule has 0 bridgehead atoms. The summed E-state index contributed by atoms with van der Waals surface area (Å²) in [6.07, 6.45) is 0. The van der Waals surface area contributed by atoms with E-state index in [0.717, 1.165) is 15.7 Å². The van der Waals surface area contributed by atoms with Gasteiger partial charge in [0.15, 0.2) is 0 Å². The van der Waals surface area contributed by atoms with E-state index in [-0.39, 0.29) is 6.04 Å². The van der Waals surface area contributed by atoms with E-state index in [9.17, 15) is 0 Å². The van der Waals surface area contributed by atoms with E-state index in [1.165, 1.54) is 5.56 Å². The summed E-state index contributed by atoms with van der Waals surface area (Å²) in [6, 6.07) is 16.3. The molecule has 0 saturated heterocycles. The van der Waals surface area contributed by atoms with E-state index in [1.54, 1.807) is 4.68 Å². The number of nitrogens with zero attached hydrogens (tertiary/aromatic N) is 4. The molecular weight excluding hydrogens is 342 g/mol. The number of tetrazole rings is 1. The predicted octanol–water partition coefficient (Wildman–Crippen LogP) is 3.91. The van der Waals surface area contributed by atoms with E-state index >= 15 is 0 Å². The van der Waals surface area contributed by atoms with Gasteiger partial charge >= 0.3 is 0 Å². The van der Waals surface area contributed by atoms with Gasteiger partial charge in [0.2, 0.25) is 5.95 Å². The van der Waals surface area contributed by atoms with E-state index in [2.05, 4.69) is 62.8 Å². The molecule has 2 aromatic carbocycles. The molecular formula is C16H16BrN5. The summed E-state index contributed by atoms with van der Waals surface area (Å²) in [5, 5.41) is 15.3. The Balaban J connectivity index is 1.84. The SMILES string of the molecule is Cc1ccc(-n2nnnc2NC(C)c2cccc(Br)c2)cc1. The van der Waals surface area contributed by atoms with Crippen molar-refractivity contribution in [2.45, 2.75) is 19.9 Å². The van der Waals surface area contributed by atoms with Crippen molar-refractivity contribution in [3.05, 3.63) is 64.1 Å². The van der Waals surface area contributed by atoms with Gasteiger partial charge in [-0.1, -0.05) is 50.9 Å². The van der Waals surface area contributed by atoms with Gasteiger partial charge in [-0.25, -0.2) is 0 Å². The van der Waals surface area contributed by atoms with Gasteiger partial charge < -0.3 is 5.32 Å². The monoisotopic (exact) mass is 357 g/mol. The first-order valence-electron chi connectivity index (χ1n) is 7.01. The molecule has 0 spiro atoms. The number of benzene rings is 2. The summed E-state index contributed by atoms with van der Waals surface area (Å²) in [7, 11) is 0. The van der Waals surface area contributed by atoms with Crippen LogP contribution in [-0.2, 0) is 0 Å². The summed E-state index contributed by atoms with van der Waals surface area (Å²) in [6.45, 7) is 4.13. The lowest BCUT2D eigenvalue weighted by molar-refractivity contribution is 0.780. The first-order valence-corrected chi connectivity index (χ1v) is 7.80. The van der Waals surface area contributed by atoms with Crippen molar-refractivity contribution in [3.63, 3.8) is 0 Å². The number of aromatic nitrogens is 4. The highest BCUT2D eigenvalue weighted by Crippen LogP contribution is 2.22. The van der Waals surface area contributed by atoms with Crippen LogP contribution in [-0.4, -0.2) is 20.2 Å². The van der Waals surface area contributed by atoms with Gasteiger partial charge in [0.25, 0.3) is 0 Å². The molecule has 0 amide bonds. The third-order valence-corrected chi connectivity index (χ3v) is 3.94. The molecule has 0 saturated carbocycles. The molecule has 1 heterocycles. The van der Waals surface area contributed by atoms with Gasteiger partial charge in [-0.15, -0.1) is 0 Å². The maximum Gasteiger partial charge on any atom is 0.248 e. The maximum absolute atomic E-state index is 4.08. The second-order valence-corrected chi connectivity index (χ2v) is 6.09. The Hall–Kier alpha value is -2.21. The smallest absolute Gasteiger partial charge is 0.248 e. The molecule has 6 heteroatoms. The van der Waals surface area contributed by atoms with Gasteiger partial charge in [0.1, 0.15) is 0 Å². The van der Waals surface area contributed by atoms with Crippen LogP contribution in [0, 0.1) is 6.92 Å². The second-order valence-electron chi connectivity index (χ2n) is 5.17. The minimum absolute atomic E-state index is 0.0905. The highest BCUT2D eigenvalue weighted by Gasteiger charge is 2.12. The molecule has 1 N–H and O–H groups in total. The maximum atomic E-state index is 4.08. The number of halogens is 1. The lowest BCUT2D eigenvalue weighted by Crippen LogP contribution is -2.11. The Morgan fingerprint density at radius 1 is 1.14 bits per heavy atom. The van der Waals surface area contributed by atoms with Crippen LogP contribution in [0.15, 0.2) is 53.0 Å². The Labute approximate surface area is 137 Å². The van der Waals surface area contributed by atoms with Crippen LogP contribution < -0.4 is 5.32 Å². The number of hydrogen-bond acceptors (Lipinski definition) is 4. The van der Waals surface area contributed by atoms with Gasteiger partial charge in [-0.3, -0.25) is 0 Å². The minimum Gasteiger partial charge on any atom is -0.346 e. The van der Waals surface area contributed by atoms with Crippen molar-refractivity contribution >= 4 is 21.9 Å². The summed E-state index contributed by atoms with van der Waals surface area (Å²) < 4.78 is 2.75. The van der Waals surface area contributed by atoms with E-state index in [1.807, 2.05) is 36.4 Å². The third-order valence-electron chi connectivity index (χ3n) is 3.44. The fourth-order valence-corrected chi connectivity index (χ4v) is 2.61. The lowest BCUT2D eigenvalue weighted by Gasteiger charge is -2.15. The average molecular weight is 358 g/mol. The average Bonchev–Trinajstić information content (AvgIpc) is 2.96. The zero-order valence-corrected chi connectivity index (χ0v) is 13.9. The van der Waals surface area contributed by atoms with Crippen LogP contribution in [0.5, 0.6) is 0 Å². The summed E-state index contributed by atoms with van der Waals surface area (Å²) in [5.41, 5.74) is 3.29. The van der Waals surface area contributed by atoms with Crippen LogP contribution in [0.2, 0.25) is 0 Å². The minimum atomic E-state index is 0.0905. The van der Waals surface area contributed by atoms with Crippen LogP contribution in [0.1, 0.15) is 24.1 Å². The molecule has 3 rings (SSSR count). The standard InChI is InChI=1S/C16H16BrN5/c1-11-6-8-15(9-7-11)22-16(19-20-21-22)18-12(2)13-4-3-5-14(17)10-13/h3-10,12H,1-2H3,(H,18,19,21). The second kappa shape index (κ2) is 6.27. The molecule has 1 unspecified atom stereocenters. The van der Waals surface area contributed by atoms with E-state index < -0.39 is 0 Å². The van der Waals surface area contributed by atoms with Crippen molar-refractivity contribution in [1.82, 2.24) is 20.2 Å². The van der Waals surface area contributed by atoms with Crippen molar-refractivity contribution in [2.75, 3.05) is 5.32 Å². The molecule has 0 aliphatic carbocycles. The number of hydrogen-bond donors (Lipinski definition) is 1. The van der Waals surface area contributed by atoms with E-state index in [0.29, 0.717) is 5.95 Å². The zero-order valence-electron chi connectivity index (χ0n) is 12.4. The molecule has 5 nitrogen and oxygen atoms in total. The first kappa shape index (κ1) is 14.7. The number of rotatable bonds is 4. The summed E-state index contributed by atoms with van der Waals surface area (Å²) in [4.78, 5) is 0. The Kier molecular flexibility index (Phi) is 4.20. The Morgan fingerprint density at radius 2 is 1.91 bits per heavy atom. The molecule has 1 aromatic heterocycles. The van der Waals surface area contributed by atoms with Gasteiger partial charge in [0.05, 0.1) is 11.7 Å². The van der Waals surface area contributed by atoms with Gasteiger partial charge in [-0.2, -0.15) is 4.68 Å². The third kappa shape index (κ3) is 3.17. The van der Waals surface area contributed by atoms with Crippen LogP contribution in [0.4, 0.5) is 5.95 Å². The number of anilines is 1. The van der Waals surface area contributed by atoms with Crippen LogP contribution in [0.3, 0.4) is 0 Å². The summed E-state index contributed by atoms with van der Waals surface area (Å²) >= 11 is 3.49. The van der Waals surface area contributed by atoms with Crippen LogP contribution >= 0.6 is 15.9 Å². The summed E-state index contributed by atoms with van der Waals surface area (Å²) in [5.74, 6) is 0.622. The van der Waals surface area contributed by atoms with Crippen molar-refractivity contribution in [3.8, 4) is 5.69 Å². The van der Waals surface area contributed by atoms with Crippen molar-refractivity contribution in [1.29, 1.82) is 0 Å². The predicted molar refractivity (Wildman–Crippen MR) is 90.1 cm³/mol. The normalized spacial score (nSPS) is 12.1. The van der Waals surface area contributed by atoms with Gasteiger partial charge in [0, 0.05) is 4.47 Å². The Bertz CT molecular complexity index is 766. The van der Waals surface area contributed by atoms with Crippen LogP contribution in [0.25, 0.3) is 5.69 Å². The highest BCUT2D eigenvalue weighted by atomic mass is 79.9. The molecule has 22 heavy (non-hydrogen) atoms. The first-order chi connectivity index (χ1) is 10.6. The largest absolute Gasteiger partial charge is 0.346 e. The molecule has 0 fully saturated rings. The number of aryl methyl sites for hydroxylation is 1. The molecule has 0 radical (unpaired) electrons. The van der Waals surface area contributed by atoms with Gasteiger partial charge in [-0.05, 0) is 54.1 Å². The quantitative estimate of drug-likeness (QED) is 0.768. The molecule has 112 valence electrons. The van der Waals surface area contributed by atoms with Crippen molar-refractivity contribution in [2.24, 2.45) is 0 Å². The Morgan fingerprint density at radius 3 is 2.64 bits per heavy atom. The van der Waals surface area contributed by atoms with E-state index in [4.69, 9.17) is 0 Å². The zero-order chi connectivity index (χ0) is 15.5. The molecule has 3 aromatic rings. The molecule has 0 aliphatic heterocycles. The van der Waals surface area contributed by atoms with Crippen molar-refractivity contribution < 1.29 is 0 Å². The molecule has 0 aliphatic rings. The fraction of sp³-hybridized carbons (Fsp3) is 0.188. The fourth-order valence-electron chi connectivity index (χ4n) is 2.19. The molecule has 1 atom stereocenters. The topological polar surface area (TPSA) is 55.6 Å².